The van der Waals surface area contributed by atoms with Gasteiger partial charge in [-0.15, -0.1) is 11.3 Å². The van der Waals surface area contributed by atoms with Crippen LogP contribution >= 0.6 is 11.3 Å². The fourth-order valence-corrected chi connectivity index (χ4v) is 3.24. The molecular weight excluding hydrogens is 310 g/mol. The zero-order valence-electron chi connectivity index (χ0n) is 13.0. The third kappa shape index (κ3) is 3.68. The molecule has 0 atom stereocenters. The van der Waals surface area contributed by atoms with E-state index in [4.69, 9.17) is 9.47 Å². The Bertz CT molecular complexity index is 808. The molecule has 0 saturated carbocycles. The lowest BCUT2D eigenvalue weighted by molar-refractivity contribution is -0.134. The molecule has 0 amide bonds. The number of methoxy groups -OCH3 is 1. The molecule has 0 aliphatic heterocycles. The van der Waals surface area contributed by atoms with Crippen LogP contribution in [0.1, 0.15) is 17.0 Å². The van der Waals surface area contributed by atoms with Crippen LogP contribution < -0.4 is 9.47 Å². The van der Waals surface area contributed by atoms with E-state index >= 15 is 0 Å². The Balaban J connectivity index is 1.63. The zero-order chi connectivity index (χ0) is 16.2. The number of para-hydroxylation sites is 1. The molecule has 0 bridgehead atoms. The van der Waals surface area contributed by atoms with Crippen molar-refractivity contribution in [1.82, 2.24) is 4.98 Å². The second kappa shape index (κ2) is 6.79. The maximum absolute atomic E-state index is 12.1. The number of benzene rings is 2. The number of ether oxygens (including phenoxy) is 2. The van der Waals surface area contributed by atoms with E-state index in [0.29, 0.717) is 17.9 Å². The van der Waals surface area contributed by atoms with Crippen LogP contribution in [0.3, 0.4) is 0 Å². The summed E-state index contributed by atoms with van der Waals surface area (Å²) < 4.78 is 11.8. The smallest absolute Gasteiger partial charge is 0.311 e. The molecule has 0 saturated heterocycles. The summed E-state index contributed by atoms with van der Waals surface area (Å²) in [6, 6.07) is 13.4. The van der Waals surface area contributed by atoms with Crippen molar-refractivity contribution < 1.29 is 14.3 Å². The number of hydrogen-bond acceptors (Lipinski definition) is 5. The number of nitrogens with zero attached hydrogens (tertiary/aromatic N) is 1. The molecule has 0 radical (unpaired) electrons. The average Bonchev–Trinajstić information content (AvgIpc) is 2.97. The first kappa shape index (κ1) is 15.5. The predicted molar refractivity (Wildman–Crippen MR) is 91.3 cm³/mol. The largest absolute Gasteiger partial charge is 0.493 e. The summed E-state index contributed by atoms with van der Waals surface area (Å²) in [7, 11) is 1.56. The van der Waals surface area contributed by atoms with Crippen molar-refractivity contribution in [2.45, 2.75) is 19.8 Å². The number of rotatable bonds is 5. The Morgan fingerprint density at radius 2 is 2.00 bits per heavy atom. The van der Waals surface area contributed by atoms with Gasteiger partial charge in [-0.2, -0.15) is 0 Å². The van der Waals surface area contributed by atoms with Gasteiger partial charge in [0.15, 0.2) is 11.5 Å². The van der Waals surface area contributed by atoms with Crippen LogP contribution in [-0.2, 0) is 11.2 Å². The molecule has 23 heavy (non-hydrogen) atoms. The van der Waals surface area contributed by atoms with E-state index in [1.54, 1.807) is 24.5 Å². The van der Waals surface area contributed by atoms with Crippen molar-refractivity contribution in [1.29, 1.82) is 0 Å². The second-order valence-electron chi connectivity index (χ2n) is 5.20. The van der Waals surface area contributed by atoms with Gasteiger partial charge in [0.1, 0.15) is 0 Å². The molecule has 1 heterocycles. The molecule has 4 nitrogen and oxygen atoms in total. The minimum absolute atomic E-state index is 0.286. The van der Waals surface area contributed by atoms with E-state index < -0.39 is 0 Å². The van der Waals surface area contributed by atoms with Crippen molar-refractivity contribution in [3.8, 4) is 11.5 Å². The normalized spacial score (nSPS) is 10.7. The number of aromatic nitrogens is 1. The van der Waals surface area contributed by atoms with Crippen molar-refractivity contribution in [2.24, 2.45) is 0 Å². The highest BCUT2D eigenvalue weighted by molar-refractivity contribution is 7.18. The number of hydrogen-bond donors (Lipinski definition) is 0. The monoisotopic (exact) mass is 327 g/mol. The Kier molecular flexibility index (Phi) is 4.57. The number of carbonyl (C=O) groups excluding carboxylic acids is 1. The molecule has 118 valence electrons. The van der Waals surface area contributed by atoms with Gasteiger partial charge in [-0.1, -0.05) is 18.2 Å². The molecule has 0 aliphatic rings. The van der Waals surface area contributed by atoms with Gasteiger partial charge in [0.25, 0.3) is 0 Å². The van der Waals surface area contributed by atoms with Crippen molar-refractivity contribution in [3.63, 3.8) is 0 Å². The maximum atomic E-state index is 12.1. The van der Waals surface area contributed by atoms with E-state index in [1.165, 1.54) is 0 Å². The van der Waals surface area contributed by atoms with E-state index in [1.807, 2.05) is 43.3 Å². The standard InChI is InChI=1S/C18H17NO3S/c1-12-7-8-14(15(11-12)21-2)22-18(20)10-9-17-19-13-5-3-4-6-16(13)23-17/h3-8,11H,9-10H2,1-2H3. The van der Waals surface area contributed by atoms with E-state index in [9.17, 15) is 4.79 Å². The molecule has 3 aromatic rings. The predicted octanol–water partition coefficient (Wildman–Crippen LogP) is 4.15. The van der Waals surface area contributed by atoms with Crippen molar-refractivity contribution >= 4 is 27.5 Å². The van der Waals surface area contributed by atoms with Gasteiger partial charge in [-0.05, 0) is 36.8 Å². The van der Waals surface area contributed by atoms with Crippen molar-refractivity contribution in [3.05, 3.63) is 53.0 Å². The highest BCUT2D eigenvalue weighted by Crippen LogP contribution is 2.28. The number of aryl methyl sites for hydroxylation is 2. The minimum atomic E-state index is -0.286. The first-order valence-corrected chi connectivity index (χ1v) is 8.17. The lowest BCUT2D eigenvalue weighted by Gasteiger charge is -2.09. The molecule has 3 rings (SSSR count). The van der Waals surface area contributed by atoms with Crippen LogP contribution in [0.25, 0.3) is 10.2 Å². The molecule has 0 unspecified atom stereocenters. The SMILES string of the molecule is COc1cc(C)ccc1OC(=O)CCc1nc2ccccc2s1. The van der Waals surface area contributed by atoms with Crippen LogP contribution in [0.15, 0.2) is 42.5 Å². The summed E-state index contributed by atoms with van der Waals surface area (Å²) in [5.74, 6) is 0.733. The third-order valence-corrected chi connectivity index (χ3v) is 4.52. The number of thiazole rings is 1. The highest BCUT2D eigenvalue weighted by atomic mass is 32.1. The van der Waals surface area contributed by atoms with Gasteiger partial charge in [0.05, 0.1) is 28.8 Å². The Hall–Kier alpha value is -2.40. The van der Waals surface area contributed by atoms with Gasteiger partial charge in [0.2, 0.25) is 0 Å². The fourth-order valence-electron chi connectivity index (χ4n) is 2.27. The lowest BCUT2D eigenvalue weighted by Crippen LogP contribution is -2.09. The van der Waals surface area contributed by atoms with E-state index in [2.05, 4.69) is 4.98 Å². The minimum Gasteiger partial charge on any atom is -0.493 e. The number of carbonyl (C=O) groups is 1. The van der Waals surface area contributed by atoms with Crippen molar-refractivity contribution in [2.75, 3.05) is 7.11 Å². The Morgan fingerprint density at radius 1 is 1.17 bits per heavy atom. The summed E-state index contributed by atoms with van der Waals surface area (Å²) in [5, 5.41) is 0.944. The van der Waals surface area contributed by atoms with Crippen LogP contribution in [-0.4, -0.2) is 18.1 Å². The van der Waals surface area contributed by atoms with Gasteiger partial charge in [0, 0.05) is 6.42 Å². The highest BCUT2D eigenvalue weighted by Gasteiger charge is 2.12. The van der Waals surface area contributed by atoms with Gasteiger partial charge in [-0.3, -0.25) is 4.79 Å². The Labute approximate surface area is 138 Å². The molecule has 0 N–H and O–H groups in total. The summed E-state index contributed by atoms with van der Waals surface area (Å²) >= 11 is 1.61. The summed E-state index contributed by atoms with van der Waals surface area (Å²) in [6.45, 7) is 1.96. The van der Waals surface area contributed by atoms with Gasteiger partial charge in [-0.25, -0.2) is 4.98 Å². The molecule has 0 aliphatic carbocycles. The quantitative estimate of drug-likeness (QED) is 0.522. The molecular formula is C18H17NO3S. The van der Waals surface area contributed by atoms with E-state index in [0.717, 1.165) is 20.8 Å². The molecule has 2 aromatic carbocycles. The van der Waals surface area contributed by atoms with Gasteiger partial charge >= 0.3 is 5.97 Å². The Morgan fingerprint density at radius 3 is 2.78 bits per heavy atom. The van der Waals surface area contributed by atoms with Crippen LogP contribution in [0, 0.1) is 6.92 Å². The van der Waals surface area contributed by atoms with Crippen LogP contribution in [0.2, 0.25) is 0 Å². The molecule has 1 aromatic heterocycles. The zero-order valence-corrected chi connectivity index (χ0v) is 13.9. The van der Waals surface area contributed by atoms with Crippen LogP contribution in [0.4, 0.5) is 0 Å². The second-order valence-corrected chi connectivity index (χ2v) is 6.32. The molecule has 0 spiro atoms. The van der Waals surface area contributed by atoms with Crippen LogP contribution in [0.5, 0.6) is 11.5 Å². The fraction of sp³-hybridized carbons (Fsp3) is 0.222. The summed E-state index contributed by atoms with van der Waals surface area (Å²) in [4.78, 5) is 16.6. The maximum Gasteiger partial charge on any atom is 0.311 e. The first-order valence-electron chi connectivity index (χ1n) is 7.35. The third-order valence-electron chi connectivity index (χ3n) is 3.42. The summed E-state index contributed by atoms with van der Waals surface area (Å²) in [5.41, 5.74) is 2.03. The summed E-state index contributed by atoms with van der Waals surface area (Å²) in [6.07, 6.45) is 0.864. The number of esters is 1. The topological polar surface area (TPSA) is 48.4 Å². The van der Waals surface area contributed by atoms with E-state index in [-0.39, 0.29) is 12.4 Å². The van der Waals surface area contributed by atoms with Gasteiger partial charge < -0.3 is 9.47 Å². The lowest BCUT2D eigenvalue weighted by atomic mass is 10.2. The molecule has 5 heteroatoms. The average molecular weight is 327 g/mol. The first-order chi connectivity index (χ1) is 11.2. The number of fused-ring (bicyclic) bond motifs is 1. The molecule has 0 fully saturated rings.